The Bertz CT molecular complexity index is 782. The quantitative estimate of drug-likeness (QED) is 0.646. The number of fused-ring (bicyclic) bond motifs is 1. The van der Waals surface area contributed by atoms with Gasteiger partial charge >= 0.3 is 6.03 Å². The molecule has 128 valence electrons. The molecular weight excluding hydrogens is 320 g/mol. The Morgan fingerprint density at radius 1 is 1.08 bits per heavy atom. The van der Waals surface area contributed by atoms with Gasteiger partial charge in [-0.15, -0.1) is 0 Å². The molecule has 0 spiro atoms. The summed E-state index contributed by atoms with van der Waals surface area (Å²) in [4.78, 5) is 41.5. The lowest BCUT2D eigenvalue weighted by atomic mass is 10.1. The maximum absolute atomic E-state index is 12.2. The number of nitrogens with zero attached hydrogens (tertiary/aromatic N) is 2. The molecule has 25 heavy (non-hydrogen) atoms. The monoisotopic (exact) mass is 338 g/mol. The molecule has 7 heteroatoms. The second-order valence-electron chi connectivity index (χ2n) is 5.76. The zero-order chi connectivity index (χ0) is 17.8. The number of carbonyl (C=O) groups is 3. The van der Waals surface area contributed by atoms with Crippen LogP contribution in [0.25, 0.3) is 0 Å². The number of carbonyl (C=O) groups excluding carboxylic acids is 3. The summed E-state index contributed by atoms with van der Waals surface area (Å²) in [5, 5.41) is 5.30. The van der Waals surface area contributed by atoms with E-state index in [-0.39, 0.29) is 24.4 Å². The van der Waals surface area contributed by atoms with Crippen molar-refractivity contribution >= 4 is 23.7 Å². The van der Waals surface area contributed by atoms with Crippen molar-refractivity contribution < 1.29 is 14.4 Å². The molecule has 0 saturated carbocycles. The van der Waals surface area contributed by atoms with Crippen molar-refractivity contribution in [1.82, 2.24) is 15.2 Å². The lowest BCUT2D eigenvalue weighted by molar-refractivity contribution is 0.0653. The maximum Gasteiger partial charge on any atom is 0.320 e. The highest BCUT2D eigenvalue weighted by Gasteiger charge is 2.34. The van der Waals surface area contributed by atoms with Crippen LogP contribution in [0.15, 0.2) is 42.6 Å². The first-order valence-corrected chi connectivity index (χ1v) is 7.99. The Balaban J connectivity index is 1.45. The SMILES string of the molecule is Cc1ccc(NC(=O)NCCCN2C(=O)c3ccccc3C2=O)nc1. The third-order valence-corrected chi connectivity index (χ3v) is 3.88. The van der Waals surface area contributed by atoms with E-state index in [2.05, 4.69) is 15.6 Å². The zero-order valence-electron chi connectivity index (χ0n) is 13.8. The van der Waals surface area contributed by atoms with Gasteiger partial charge in [-0.1, -0.05) is 18.2 Å². The number of hydrogen-bond donors (Lipinski definition) is 2. The molecule has 0 radical (unpaired) electrons. The summed E-state index contributed by atoms with van der Waals surface area (Å²) in [5.41, 5.74) is 1.87. The predicted molar refractivity (Wildman–Crippen MR) is 92.4 cm³/mol. The predicted octanol–water partition coefficient (Wildman–Crippen LogP) is 2.20. The van der Waals surface area contributed by atoms with Crippen molar-refractivity contribution in [1.29, 1.82) is 0 Å². The number of imide groups is 1. The van der Waals surface area contributed by atoms with Gasteiger partial charge in [0.25, 0.3) is 11.8 Å². The summed E-state index contributed by atoms with van der Waals surface area (Å²) in [6, 6.07) is 9.96. The van der Waals surface area contributed by atoms with E-state index in [0.29, 0.717) is 29.9 Å². The number of nitrogens with one attached hydrogen (secondary N) is 2. The van der Waals surface area contributed by atoms with E-state index >= 15 is 0 Å². The molecule has 0 fully saturated rings. The summed E-state index contributed by atoms with van der Waals surface area (Å²) >= 11 is 0. The summed E-state index contributed by atoms with van der Waals surface area (Å²) < 4.78 is 0. The van der Waals surface area contributed by atoms with Gasteiger partial charge in [0.2, 0.25) is 0 Å². The van der Waals surface area contributed by atoms with Crippen LogP contribution in [0.1, 0.15) is 32.7 Å². The Hall–Kier alpha value is -3.22. The van der Waals surface area contributed by atoms with Gasteiger partial charge in [-0.25, -0.2) is 9.78 Å². The van der Waals surface area contributed by atoms with E-state index in [0.717, 1.165) is 5.56 Å². The van der Waals surface area contributed by atoms with E-state index in [1.54, 1.807) is 36.5 Å². The minimum atomic E-state index is -0.376. The first-order chi connectivity index (χ1) is 12.1. The molecule has 0 aliphatic carbocycles. The van der Waals surface area contributed by atoms with Crippen LogP contribution >= 0.6 is 0 Å². The van der Waals surface area contributed by atoms with Crippen molar-refractivity contribution in [3.05, 3.63) is 59.3 Å². The summed E-state index contributed by atoms with van der Waals surface area (Å²) in [7, 11) is 0. The van der Waals surface area contributed by atoms with Gasteiger partial charge in [0.05, 0.1) is 11.1 Å². The molecule has 2 aromatic rings. The largest absolute Gasteiger partial charge is 0.338 e. The van der Waals surface area contributed by atoms with Crippen molar-refractivity contribution in [3.8, 4) is 0 Å². The molecule has 0 saturated heterocycles. The van der Waals surface area contributed by atoms with Crippen LogP contribution in [0.4, 0.5) is 10.6 Å². The summed E-state index contributed by atoms with van der Waals surface area (Å²) in [6.45, 7) is 2.51. The Morgan fingerprint density at radius 2 is 1.76 bits per heavy atom. The molecule has 1 aromatic carbocycles. The number of rotatable bonds is 5. The second-order valence-corrected chi connectivity index (χ2v) is 5.76. The van der Waals surface area contributed by atoms with Gasteiger partial charge < -0.3 is 5.32 Å². The van der Waals surface area contributed by atoms with E-state index in [9.17, 15) is 14.4 Å². The highest BCUT2D eigenvalue weighted by atomic mass is 16.2. The molecule has 3 rings (SSSR count). The van der Waals surface area contributed by atoms with E-state index in [1.807, 2.05) is 13.0 Å². The number of aryl methyl sites for hydroxylation is 1. The number of benzene rings is 1. The average molecular weight is 338 g/mol. The molecule has 0 unspecified atom stereocenters. The normalized spacial score (nSPS) is 12.9. The van der Waals surface area contributed by atoms with Gasteiger partial charge in [-0.05, 0) is 37.1 Å². The Kier molecular flexibility index (Phi) is 4.74. The molecular formula is C18H18N4O3. The fraction of sp³-hybridized carbons (Fsp3) is 0.222. The van der Waals surface area contributed by atoms with Crippen molar-refractivity contribution in [2.45, 2.75) is 13.3 Å². The fourth-order valence-corrected chi connectivity index (χ4v) is 2.58. The lowest BCUT2D eigenvalue weighted by Crippen LogP contribution is -2.35. The van der Waals surface area contributed by atoms with Crippen molar-refractivity contribution in [2.24, 2.45) is 0 Å². The Labute approximate surface area is 145 Å². The first kappa shape index (κ1) is 16.6. The van der Waals surface area contributed by atoms with Crippen molar-refractivity contribution in [2.75, 3.05) is 18.4 Å². The smallest absolute Gasteiger partial charge is 0.320 e. The van der Waals surface area contributed by atoms with Gasteiger partial charge in [-0.2, -0.15) is 0 Å². The van der Waals surface area contributed by atoms with Gasteiger partial charge in [0.15, 0.2) is 0 Å². The summed E-state index contributed by atoms with van der Waals surface area (Å²) in [6.07, 6.45) is 2.14. The minimum absolute atomic E-state index is 0.259. The highest BCUT2D eigenvalue weighted by Crippen LogP contribution is 2.22. The van der Waals surface area contributed by atoms with Crippen LogP contribution < -0.4 is 10.6 Å². The van der Waals surface area contributed by atoms with Crippen LogP contribution in [0.5, 0.6) is 0 Å². The third-order valence-electron chi connectivity index (χ3n) is 3.88. The molecule has 1 aliphatic rings. The molecule has 1 aromatic heterocycles. The molecule has 4 amide bonds. The van der Waals surface area contributed by atoms with Crippen molar-refractivity contribution in [3.63, 3.8) is 0 Å². The number of hydrogen-bond acceptors (Lipinski definition) is 4. The van der Waals surface area contributed by atoms with E-state index in [1.165, 1.54) is 4.90 Å². The molecule has 1 aliphatic heterocycles. The molecule has 2 heterocycles. The van der Waals surface area contributed by atoms with Gasteiger partial charge in [0, 0.05) is 19.3 Å². The Morgan fingerprint density at radius 3 is 2.36 bits per heavy atom. The molecule has 7 nitrogen and oxygen atoms in total. The number of pyridine rings is 1. The van der Waals surface area contributed by atoms with E-state index < -0.39 is 0 Å². The molecule has 0 atom stereocenters. The standard InChI is InChI=1S/C18H18N4O3/c1-12-7-8-15(20-11-12)21-18(25)19-9-4-10-22-16(23)13-5-2-3-6-14(13)17(22)24/h2-3,5-8,11H,4,9-10H2,1H3,(H2,19,20,21,25). The van der Waals surface area contributed by atoms with Gasteiger partial charge in [-0.3, -0.25) is 19.8 Å². The second kappa shape index (κ2) is 7.12. The third kappa shape index (κ3) is 3.65. The number of urea groups is 1. The average Bonchev–Trinajstić information content (AvgIpc) is 2.86. The fourth-order valence-electron chi connectivity index (χ4n) is 2.58. The van der Waals surface area contributed by atoms with E-state index in [4.69, 9.17) is 0 Å². The van der Waals surface area contributed by atoms with Crippen LogP contribution in [0, 0.1) is 6.92 Å². The minimum Gasteiger partial charge on any atom is -0.338 e. The number of aromatic nitrogens is 1. The zero-order valence-corrected chi connectivity index (χ0v) is 13.8. The van der Waals surface area contributed by atoms with Crippen LogP contribution in [-0.2, 0) is 0 Å². The van der Waals surface area contributed by atoms with Crippen LogP contribution in [0.2, 0.25) is 0 Å². The lowest BCUT2D eigenvalue weighted by Gasteiger charge is -2.14. The molecule has 2 N–H and O–H groups in total. The summed E-state index contributed by atoms with van der Waals surface area (Å²) in [5.74, 6) is -0.105. The van der Waals surface area contributed by atoms with Crippen LogP contribution in [-0.4, -0.2) is 40.8 Å². The molecule has 0 bridgehead atoms. The highest BCUT2D eigenvalue weighted by molar-refractivity contribution is 6.21. The first-order valence-electron chi connectivity index (χ1n) is 7.99. The topological polar surface area (TPSA) is 91.4 Å². The van der Waals surface area contributed by atoms with Gasteiger partial charge in [0.1, 0.15) is 5.82 Å². The number of anilines is 1. The number of amides is 4. The maximum atomic E-state index is 12.2. The van der Waals surface area contributed by atoms with Crippen LogP contribution in [0.3, 0.4) is 0 Å².